The van der Waals surface area contributed by atoms with Crippen LogP contribution in [0.3, 0.4) is 0 Å². The summed E-state index contributed by atoms with van der Waals surface area (Å²) in [6, 6.07) is -1.40. The third-order valence-electron chi connectivity index (χ3n) is 2.66. The van der Waals surface area contributed by atoms with Crippen molar-refractivity contribution >= 4 is 17.9 Å². The normalized spacial score (nSPS) is 15.1. The summed E-state index contributed by atoms with van der Waals surface area (Å²) in [6.07, 6.45) is 0.241. The van der Waals surface area contributed by atoms with E-state index in [0.29, 0.717) is 6.54 Å². The zero-order valence-electron chi connectivity index (χ0n) is 11.2. The number of carboxylic acids is 1. The van der Waals surface area contributed by atoms with Gasteiger partial charge in [-0.25, -0.2) is 9.59 Å². The molecule has 0 saturated carbocycles. The van der Waals surface area contributed by atoms with E-state index in [1.165, 1.54) is 13.8 Å². The fourth-order valence-corrected chi connectivity index (χ4v) is 1.17. The van der Waals surface area contributed by atoms with Gasteiger partial charge in [-0.3, -0.25) is 4.79 Å². The highest BCUT2D eigenvalue weighted by Gasteiger charge is 2.33. The number of hydrogen-bond acceptors (Lipinski definition) is 3. The standard InChI is InChI=1S/C11H21N3O4/c1-5-11(4,9(16)17)14-10(18)13-7(3)8(15)12-6-2/h7H,5-6H2,1-4H3,(H,12,15)(H,16,17)(H2,13,14,18). The number of aliphatic carboxylic acids is 1. The van der Waals surface area contributed by atoms with E-state index in [1.54, 1.807) is 13.8 Å². The third kappa shape index (κ3) is 4.60. The Hall–Kier alpha value is -1.79. The topological polar surface area (TPSA) is 108 Å². The van der Waals surface area contributed by atoms with Gasteiger partial charge in [0, 0.05) is 6.54 Å². The summed E-state index contributed by atoms with van der Waals surface area (Å²) in [5.74, 6) is -1.44. The lowest BCUT2D eigenvalue weighted by atomic mass is 10.00. The molecule has 0 aromatic rings. The first kappa shape index (κ1) is 16.2. The molecular weight excluding hydrogens is 238 g/mol. The quantitative estimate of drug-likeness (QED) is 0.541. The maximum absolute atomic E-state index is 11.6. The third-order valence-corrected chi connectivity index (χ3v) is 2.66. The van der Waals surface area contributed by atoms with Crippen molar-refractivity contribution in [1.82, 2.24) is 16.0 Å². The number of amides is 3. The van der Waals surface area contributed by atoms with Gasteiger partial charge >= 0.3 is 12.0 Å². The van der Waals surface area contributed by atoms with E-state index in [2.05, 4.69) is 16.0 Å². The van der Waals surface area contributed by atoms with Crippen LogP contribution in [0.4, 0.5) is 4.79 Å². The van der Waals surface area contributed by atoms with Gasteiger partial charge in [0.15, 0.2) is 0 Å². The first-order chi connectivity index (χ1) is 8.26. The predicted molar refractivity (Wildman–Crippen MR) is 66.1 cm³/mol. The molecule has 104 valence electrons. The van der Waals surface area contributed by atoms with E-state index in [9.17, 15) is 14.4 Å². The molecule has 7 heteroatoms. The Balaban J connectivity index is 4.43. The molecule has 0 bridgehead atoms. The van der Waals surface area contributed by atoms with Crippen LogP contribution in [-0.2, 0) is 9.59 Å². The van der Waals surface area contributed by atoms with Crippen molar-refractivity contribution in [2.24, 2.45) is 0 Å². The molecule has 2 atom stereocenters. The van der Waals surface area contributed by atoms with Crippen molar-refractivity contribution in [3.8, 4) is 0 Å². The average Bonchev–Trinajstić information content (AvgIpc) is 2.28. The fourth-order valence-electron chi connectivity index (χ4n) is 1.17. The maximum Gasteiger partial charge on any atom is 0.329 e. The highest BCUT2D eigenvalue weighted by Crippen LogP contribution is 2.08. The Kier molecular flexibility index (Phi) is 6.15. The van der Waals surface area contributed by atoms with Crippen LogP contribution in [-0.4, -0.2) is 41.1 Å². The van der Waals surface area contributed by atoms with E-state index in [0.717, 1.165) is 0 Å². The maximum atomic E-state index is 11.6. The number of carbonyl (C=O) groups excluding carboxylic acids is 2. The smallest absolute Gasteiger partial charge is 0.329 e. The molecule has 0 heterocycles. The van der Waals surface area contributed by atoms with Crippen LogP contribution in [0.2, 0.25) is 0 Å². The zero-order valence-corrected chi connectivity index (χ0v) is 11.2. The van der Waals surface area contributed by atoms with E-state index in [1.807, 2.05) is 0 Å². The highest BCUT2D eigenvalue weighted by molar-refractivity contribution is 5.89. The summed E-state index contributed by atoms with van der Waals surface area (Å²) < 4.78 is 0. The van der Waals surface area contributed by atoms with E-state index in [4.69, 9.17) is 5.11 Å². The molecule has 0 aromatic carbocycles. The minimum absolute atomic E-state index is 0.241. The first-order valence-electron chi connectivity index (χ1n) is 5.86. The van der Waals surface area contributed by atoms with Crippen molar-refractivity contribution in [3.05, 3.63) is 0 Å². The molecule has 0 aliphatic rings. The lowest BCUT2D eigenvalue weighted by Crippen LogP contribution is -2.57. The van der Waals surface area contributed by atoms with Gasteiger partial charge in [-0.1, -0.05) is 6.92 Å². The summed E-state index contributed by atoms with van der Waals surface area (Å²) in [4.78, 5) is 33.9. The summed E-state index contributed by atoms with van der Waals surface area (Å²) >= 11 is 0. The molecule has 18 heavy (non-hydrogen) atoms. The lowest BCUT2D eigenvalue weighted by Gasteiger charge is -2.25. The number of nitrogens with one attached hydrogen (secondary N) is 3. The van der Waals surface area contributed by atoms with Crippen molar-refractivity contribution in [1.29, 1.82) is 0 Å². The summed E-state index contributed by atoms with van der Waals surface area (Å²) in [5.41, 5.74) is -1.34. The molecule has 2 unspecified atom stereocenters. The van der Waals surface area contributed by atoms with Gasteiger partial charge in [0.25, 0.3) is 0 Å². The summed E-state index contributed by atoms with van der Waals surface area (Å²) in [6.45, 7) is 6.82. The van der Waals surface area contributed by atoms with Crippen LogP contribution in [0.25, 0.3) is 0 Å². The molecule has 0 saturated heterocycles. The number of carbonyl (C=O) groups is 3. The van der Waals surface area contributed by atoms with Crippen molar-refractivity contribution in [3.63, 3.8) is 0 Å². The monoisotopic (exact) mass is 259 g/mol. The first-order valence-corrected chi connectivity index (χ1v) is 5.86. The summed E-state index contributed by atoms with van der Waals surface area (Å²) in [7, 11) is 0. The molecule has 0 aliphatic heterocycles. The number of rotatable bonds is 6. The number of likely N-dealkylation sites (N-methyl/N-ethyl adjacent to an activating group) is 1. The second-order valence-electron chi connectivity index (χ2n) is 4.21. The Bertz CT molecular complexity index is 332. The number of urea groups is 1. The SMILES string of the molecule is CCNC(=O)C(C)NC(=O)NC(C)(CC)C(=O)O. The average molecular weight is 259 g/mol. The molecule has 0 aliphatic carbocycles. The van der Waals surface area contributed by atoms with Gasteiger partial charge in [-0.15, -0.1) is 0 Å². The van der Waals surface area contributed by atoms with E-state index < -0.39 is 23.6 Å². The van der Waals surface area contributed by atoms with Crippen molar-refractivity contribution in [2.75, 3.05) is 6.54 Å². The van der Waals surface area contributed by atoms with Crippen LogP contribution in [0.15, 0.2) is 0 Å². The Morgan fingerprint density at radius 3 is 2.22 bits per heavy atom. The number of hydrogen-bond donors (Lipinski definition) is 4. The molecule has 0 radical (unpaired) electrons. The Morgan fingerprint density at radius 1 is 1.28 bits per heavy atom. The summed E-state index contributed by atoms with van der Waals surface area (Å²) in [5, 5.41) is 16.3. The van der Waals surface area contributed by atoms with Gasteiger partial charge in [0.05, 0.1) is 0 Å². The van der Waals surface area contributed by atoms with Crippen LogP contribution in [0, 0.1) is 0 Å². The largest absolute Gasteiger partial charge is 0.480 e. The Labute approximate surface area is 106 Å². The van der Waals surface area contributed by atoms with E-state index in [-0.39, 0.29) is 12.3 Å². The molecule has 0 spiro atoms. The van der Waals surface area contributed by atoms with Gasteiger partial charge in [-0.2, -0.15) is 0 Å². The number of carboxylic acid groups (broad SMARTS) is 1. The molecule has 7 nitrogen and oxygen atoms in total. The zero-order chi connectivity index (χ0) is 14.3. The fraction of sp³-hybridized carbons (Fsp3) is 0.727. The molecule has 0 aromatic heterocycles. The minimum atomic E-state index is -1.34. The van der Waals surface area contributed by atoms with Crippen molar-refractivity contribution < 1.29 is 19.5 Å². The molecule has 3 amide bonds. The Morgan fingerprint density at radius 2 is 1.83 bits per heavy atom. The molecule has 0 rings (SSSR count). The second kappa shape index (κ2) is 6.83. The van der Waals surface area contributed by atoms with Crippen molar-refractivity contribution in [2.45, 2.75) is 45.7 Å². The lowest BCUT2D eigenvalue weighted by molar-refractivity contribution is -0.143. The van der Waals surface area contributed by atoms with Gasteiger partial charge in [-0.05, 0) is 27.2 Å². The van der Waals surface area contributed by atoms with Crippen LogP contribution >= 0.6 is 0 Å². The van der Waals surface area contributed by atoms with Gasteiger partial charge in [0.1, 0.15) is 11.6 Å². The predicted octanol–water partition coefficient (Wildman–Crippen LogP) is 0.0635. The highest BCUT2D eigenvalue weighted by atomic mass is 16.4. The molecule has 0 fully saturated rings. The molecular formula is C11H21N3O4. The van der Waals surface area contributed by atoms with Crippen LogP contribution < -0.4 is 16.0 Å². The second-order valence-corrected chi connectivity index (χ2v) is 4.21. The van der Waals surface area contributed by atoms with Gasteiger partial charge < -0.3 is 21.1 Å². The van der Waals surface area contributed by atoms with Crippen LogP contribution in [0.5, 0.6) is 0 Å². The van der Waals surface area contributed by atoms with Crippen LogP contribution in [0.1, 0.15) is 34.1 Å². The molecule has 4 N–H and O–H groups in total. The minimum Gasteiger partial charge on any atom is -0.480 e. The van der Waals surface area contributed by atoms with Gasteiger partial charge in [0.2, 0.25) is 5.91 Å². The van der Waals surface area contributed by atoms with E-state index >= 15 is 0 Å².